The molecule has 0 unspecified atom stereocenters. The molecule has 0 atom stereocenters. The highest BCUT2D eigenvalue weighted by Crippen LogP contribution is 2.26. The Morgan fingerprint density at radius 3 is 2.89 bits per heavy atom. The standard InChI is InChI=1S/C13H11NO5/c1-7-2-3-10-8(4-7)12(17)9(13(18)19-10)5-14-6-11(15)16/h2-5,17H,6H2,1H3,(H,15,16). The van der Waals surface area contributed by atoms with Gasteiger partial charge in [0.05, 0.1) is 5.39 Å². The zero-order chi connectivity index (χ0) is 14.0. The van der Waals surface area contributed by atoms with E-state index in [2.05, 4.69) is 4.99 Å². The number of carboxylic acid groups (broad SMARTS) is 1. The highest BCUT2D eigenvalue weighted by Gasteiger charge is 2.12. The van der Waals surface area contributed by atoms with Crippen molar-refractivity contribution in [1.29, 1.82) is 0 Å². The van der Waals surface area contributed by atoms with Crippen LogP contribution in [0.2, 0.25) is 0 Å². The Bertz CT molecular complexity index is 730. The lowest BCUT2D eigenvalue weighted by molar-refractivity contribution is -0.135. The van der Waals surface area contributed by atoms with Gasteiger partial charge >= 0.3 is 11.6 Å². The van der Waals surface area contributed by atoms with Crippen LogP contribution in [0, 0.1) is 6.92 Å². The third-order valence-electron chi connectivity index (χ3n) is 2.51. The van der Waals surface area contributed by atoms with Crippen molar-refractivity contribution in [3.05, 3.63) is 39.7 Å². The molecule has 6 nitrogen and oxygen atoms in total. The van der Waals surface area contributed by atoms with Crippen molar-refractivity contribution in [2.75, 3.05) is 6.54 Å². The number of nitrogens with zero attached hydrogens (tertiary/aromatic N) is 1. The Morgan fingerprint density at radius 2 is 2.21 bits per heavy atom. The Labute approximate surface area is 107 Å². The van der Waals surface area contributed by atoms with Crippen LogP contribution in [-0.2, 0) is 4.79 Å². The number of rotatable bonds is 3. The van der Waals surface area contributed by atoms with Gasteiger partial charge in [0.25, 0.3) is 0 Å². The third-order valence-corrected chi connectivity index (χ3v) is 2.51. The summed E-state index contributed by atoms with van der Waals surface area (Å²) in [6, 6.07) is 5.01. The molecule has 0 aliphatic carbocycles. The second-order valence-electron chi connectivity index (χ2n) is 4.01. The molecular formula is C13H11NO5. The summed E-state index contributed by atoms with van der Waals surface area (Å²) in [7, 11) is 0. The van der Waals surface area contributed by atoms with Crippen LogP contribution >= 0.6 is 0 Å². The molecule has 6 heteroatoms. The van der Waals surface area contributed by atoms with Crippen molar-refractivity contribution in [2.24, 2.45) is 4.99 Å². The average molecular weight is 261 g/mol. The van der Waals surface area contributed by atoms with Crippen molar-refractivity contribution in [2.45, 2.75) is 6.92 Å². The van der Waals surface area contributed by atoms with Gasteiger partial charge in [-0.1, -0.05) is 11.6 Å². The lowest BCUT2D eigenvalue weighted by Gasteiger charge is -2.03. The number of benzene rings is 1. The number of aryl methyl sites for hydroxylation is 1. The zero-order valence-electron chi connectivity index (χ0n) is 10.1. The van der Waals surface area contributed by atoms with Crippen molar-refractivity contribution >= 4 is 23.2 Å². The fraction of sp³-hybridized carbons (Fsp3) is 0.154. The predicted molar refractivity (Wildman–Crippen MR) is 69.0 cm³/mol. The SMILES string of the molecule is Cc1ccc2oc(=O)c(C=NCC(=O)O)c(O)c2c1. The third kappa shape index (κ3) is 2.62. The molecule has 2 N–H and O–H groups in total. The molecule has 0 bridgehead atoms. The summed E-state index contributed by atoms with van der Waals surface area (Å²) in [5.41, 5.74) is 0.246. The first kappa shape index (κ1) is 12.8. The number of aromatic hydroxyl groups is 1. The minimum absolute atomic E-state index is 0.153. The number of carboxylic acids is 1. The average Bonchev–Trinajstić information content (AvgIpc) is 2.34. The molecular weight excluding hydrogens is 250 g/mol. The van der Waals surface area contributed by atoms with E-state index in [4.69, 9.17) is 9.52 Å². The van der Waals surface area contributed by atoms with Crippen LogP contribution in [0.4, 0.5) is 0 Å². The normalized spacial score (nSPS) is 11.2. The largest absolute Gasteiger partial charge is 0.506 e. The minimum Gasteiger partial charge on any atom is -0.506 e. The smallest absolute Gasteiger partial charge is 0.348 e. The molecule has 1 aromatic carbocycles. The zero-order valence-corrected chi connectivity index (χ0v) is 10.1. The lowest BCUT2D eigenvalue weighted by atomic mass is 10.1. The number of aliphatic imine (C=N–C) groups is 1. The molecule has 1 aromatic heterocycles. The van der Waals surface area contributed by atoms with Crippen LogP contribution in [0.3, 0.4) is 0 Å². The summed E-state index contributed by atoms with van der Waals surface area (Å²) in [6.45, 7) is 1.35. The van der Waals surface area contributed by atoms with Gasteiger partial charge in [-0.3, -0.25) is 9.79 Å². The molecule has 2 rings (SSSR count). The van der Waals surface area contributed by atoms with Crippen LogP contribution in [0.15, 0.2) is 32.4 Å². The van der Waals surface area contributed by atoms with Crippen LogP contribution in [-0.4, -0.2) is 28.9 Å². The maximum Gasteiger partial charge on any atom is 0.348 e. The summed E-state index contributed by atoms with van der Waals surface area (Å²) in [4.78, 5) is 25.5. The quantitative estimate of drug-likeness (QED) is 0.641. The first-order valence-corrected chi connectivity index (χ1v) is 5.47. The van der Waals surface area contributed by atoms with E-state index in [9.17, 15) is 14.7 Å². The van der Waals surface area contributed by atoms with E-state index in [1.807, 2.05) is 6.92 Å². The molecule has 0 radical (unpaired) electrons. The monoisotopic (exact) mass is 261 g/mol. The van der Waals surface area contributed by atoms with Crippen molar-refractivity contribution in [1.82, 2.24) is 0 Å². The number of hydrogen-bond acceptors (Lipinski definition) is 5. The van der Waals surface area contributed by atoms with Gasteiger partial charge in [0, 0.05) is 6.21 Å². The molecule has 0 aliphatic rings. The fourth-order valence-electron chi connectivity index (χ4n) is 1.64. The van der Waals surface area contributed by atoms with Crippen LogP contribution < -0.4 is 5.63 Å². The molecule has 0 saturated carbocycles. The highest BCUT2D eigenvalue weighted by atomic mass is 16.4. The molecule has 0 aliphatic heterocycles. The van der Waals surface area contributed by atoms with Gasteiger partial charge in [-0.2, -0.15) is 0 Å². The van der Waals surface area contributed by atoms with E-state index < -0.39 is 18.1 Å². The molecule has 1 heterocycles. The minimum atomic E-state index is -1.13. The number of fused-ring (bicyclic) bond motifs is 1. The van der Waals surface area contributed by atoms with E-state index in [1.54, 1.807) is 18.2 Å². The first-order chi connectivity index (χ1) is 8.99. The first-order valence-electron chi connectivity index (χ1n) is 5.47. The fourth-order valence-corrected chi connectivity index (χ4v) is 1.64. The summed E-state index contributed by atoms with van der Waals surface area (Å²) in [5.74, 6) is -1.39. The molecule has 19 heavy (non-hydrogen) atoms. The van der Waals surface area contributed by atoms with Gasteiger partial charge in [-0.15, -0.1) is 0 Å². The van der Waals surface area contributed by atoms with E-state index in [0.29, 0.717) is 5.39 Å². The van der Waals surface area contributed by atoms with Crippen molar-refractivity contribution in [3.63, 3.8) is 0 Å². The number of aliphatic carboxylic acids is 1. The maximum atomic E-state index is 11.6. The van der Waals surface area contributed by atoms with Gasteiger partial charge in [0.1, 0.15) is 23.4 Å². The van der Waals surface area contributed by atoms with Gasteiger partial charge in [0.2, 0.25) is 0 Å². The second kappa shape index (κ2) is 4.93. The topological polar surface area (TPSA) is 100 Å². The van der Waals surface area contributed by atoms with E-state index in [0.717, 1.165) is 11.8 Å². The van der Waals surface area contributed by atoms with Gasteiger partial charge < -0.3 is 14.6 Å². The molecule has 0 fully saturated rings. The van der Waals surface area contributed by atoms with E-state index in [-0.39, 0.29) is 16.9 Å². The Balaban J connectivity index is 2.58. The Morgan fingerprint density at radius 1 is 1.47 bits per heavy atom. The molecule has 0 amide bonds. The molecule has 0 spiro atoms. The Kier molecular flexibility index (Phi) is 3.33. The summed E-state index contributed by atoms with van der Waals surface area (Å²) in [6.07, 6.45) is 1.01. The van der Waals surface area contributed by atoms with Crippen LogP contribution in [0.25, 0.3) is 11.0 Å². The second-order valence-corrected chi connectivity index (χ2v) is 4.01. The maximum absolute atomic E-state index is 11.6. The van der Waals surface area contributed by atoms with Crippen LogP contribution in [0.5, 0.6) is 5.75 Å². The molecule has 2 aromatic rings. The van der Waals surface area contributed by atoms with Crippen molar-refractivity contribution < 1.29 is 19.4 Å². The number of carbonyl (C=O) groups is 1. The van der Waals surface area contributed by atoms with Gasteiger partial charge in [0.15, 0.2) is 0 Å². The van der Waals surface area contributed by atoms with Crippen LogP contribution in [0.1, 0.15) is 11.1 Å². The predicted octanol–water partition coefficient (Wildman–Crippen LogP) is 1.31. The van der Waals surface area contributed by atoms with Crippen molar-refractivity contribution in [3.8, 4) is 5.75 Å². The highest BCUT2D eigenvalue weighted by molar-refractivity contribution is 5.94. The lowest BCUT2D eigenvalue weighted by Crippen LogP contribution is -2.08. The summed E-state index contributed by atoms with van der Waals surface area (Å²) >= 11 is 0. The van der Waals surface area contributed by atoms with E-state index in [1.165, 1.54) is 0 Å². The summed E-state index contributed by atoms with van der Waals surface area (Å²) < 4.78 is 5.03. The molecule has 0 saturated heterocycles. The number of hydrogen-bond donors (Lipinski definition) is 2. The summed E-state index contributed by atoms with van der Waals surface area (Å²) in [5, 5.41) is 18.9. The molecule has 98 valence electrons. The van der Waals surface area contributed by atoms with Gasteiger partial charge in [-0.25, -0.2) is 4.79 Å². The van der Waals surface area contributed by atoms with Gasteiger partial charge in [-0.05, 0) is 19.1 Å². The van der Waals surface area contributed by atoms with E-state index >= 15 is 0 Å². The Hall–Kier alpha value is -2.63.